The maximum atomic E-state index is 12.2. The average Bonchev–Trinajstić information content (AvgIpc) is 3.20. The molecule has 2 aromatic carbocycles. The van der Waals surface area contributed by atoms with E-state index in [1.54, 1.807) is 11.7 Å². The fraction of sp³-hybridized carbons (Fsp3) is 0.150. The van der Waals surface area contributed by atoms with Gasteiger partial charge in [-0.1, -0.05) is 18.2 Å². The summed E-state index contributed by atoms with van der Waals surface area (Å²) in [7, 11) is 1.77. The van der Waals surface area contributed by atoms with Crippen molar-refractivity contribution < 1.29 is 0 Å². The van der Waals surface area contributed by atoms with Gasteiger partial charge < -0.3 is 9.88 Å². The molecule has 5 rings (SSSR count). The average molecular weight is 358 g/mol. The van der Waals surface area contributed by atoms with Gasteiger partial charge in [-0.15, -0.1) is 0 Å². The molecular weight excluding hydrogens is 340 g/mol. The number of nitrogens with one attached hydrogen (secondary N) is 2. The van der Waals surface area contributed by atoms with E-state index in [0.29, 0.717) is 17.0 Å². The topological polar surface area (TPSA) is 80.5 Å². The third-order valence-electron chi connectivity index (χ3n) is 4.95. The van der Waals surface area contributed by atoms with E-state index in [-0.39, 0.29) is 5.56 Å². The van der Waals surface area contributed by atoms with Crippen LogP contribution in [0.1, 0.15) is 6.92 Å². The Bertz CT molecular complexity index is 1370. The summed E-state index contributed by atoms with van der Waals surface area (Å²) in [6, 6.07) is 14.6. The number of para-hydroxylation sites is 1. The van der Waals surface area contributed by atoms with Crippen molar-refractivity contribution >= 4 is 44.5 Å². The maximum Gasteiger partial charge on any atom is 0.263 e. The van der Waals surface area contributed by atoms with Gasteiger partial charge in [0.2, 0.25) is 5.95 Å². The van der Waals surface area contributed by atoms with Crippen LogP contribution in [-0.4, -0.2) is 24.3 Å². The highest BCUT2D eigenvalue weighted by molar-refractivity contribution is 6.09. The molecule has 0 saturated heterocycles. The molecule has 0 aliphatic carbocycles. The molecule has 134 valence electrons. The van der Waals surface area contributed by atoms with E-state index in [9.17, 15) is 4.79 Å². The second-order valence-corrected chi connectivity index (χ2v) is 6.54. The monoisotopic (exact) mass is 358 g/mol. The van der Waals surface area contributed by atoms with Crippen LogP contribution in [0.25, 0.3) is 32.8 Å². The van der Waals surface area contributed by atoms with Crippen molar-refractivity contribution in [2.24, 2.45) is 7.05 Å². The standard InChI is InChI=1S/C20H18N6O/c1-3-26-16-7-5-4-6-13(16)14-10-12(8-9-17(14)26)22-20-23-18-15(19(27)24-20)11-21-25(18)2/h4-11H,3H2,1-2H3,(H2,22,23,24,27). The predicted octanol–water partition coefficient (Wildman–Crippen LogP) is 3.53. The van der Waals surface area contributed by atoms with E-state index in [0.717, 1.165) is 12.2 Å². The van der Waals surface area contributed by atoms with Crippen LogP contribution in [0.5, 0.6) is 0 Å². The Balaban J connectivity index is 1.65. The van der Waals surface area contributed by atoms with E-state index < -0.39 is 0 Å². The lowest BCUT2D eigenvalue weighted by atomic mass is 10.1. The number of anilines is 2. The second kappa shape index (κ2) is 5.70. The van der Waals surface area contributed by atoms with E-state index in [1.165, 1.54) is 28.0 Å². The highest BCUT2D eigenvalue weighted by atomic mass is 16.1. The van der Waals surface area contributed by atoms with Crippen LogP contribution in [-0.2, 0) is 13.6 Å². The van der Waals surface area contributed by atoms with Crippen molar-refractivity contribution in [1.29, 1.82) is 0 Å². The van der Waals surface area contributed by atoms with E-state index in [2.05, 4.69) is 68.3 Å². The quantitative estimate of drug-likeness (QED) is 0.517. The normalized spacial score (nSPS) is 11.6. The summed E-state index contributed by atoms with van der Waals surface area (Å²) in [6.45, 7) is 3.05. The number of hydrogen-bond donors (Lipinski definition) is 2. The first kappa shape index (κ1) is 15.6. The molecule has 0 aliphatic heterocycles. The van der Waals surface area contributed by atoms with Crippen molar-refractivity contribution in [1.82, 2.24) is 24.3 Å². The number of fused-ring (bicyclic) bond motifs is 4. The van der Waals surface area contributed by atoms with Crippen LogP contribution >= 0.6 is 0 Å². The molecule has 0 radical (unpaired) electrons. The van der Waals surface area contributed by atoms with Crippen LogP contribution in [0.2, 0.25) is 0 Å². The van der Waals surface area contributed by atoms with Crippen LogP contribution in [0, 0.1) is 0 Å². The minimum Gasteiger partial charge on any atom is -0.341 e. The van der Waals surface area contributed by atoms with Gasteiger partial charge in [-0.2, -0.15) is 10.1 Å². The van der Waals surface area contributed by atoms with Gasteiger partial charge in [0.25, 0.3) is 5.56 Å². The Morgan fingerprint density at radius 3 is 2.74 bits per heavy atom. The van der Waals surface area contributed by atoms with Gasteiger partial charge in [0.05, 0.1) is 6.20 Å². The Kier molecular flexibility index (Phi) is 3.30. The lowest BCUT2D eigenvalue weighted by Crippen LogP contribution is -2.11. The summed E-state index contributed by atoms with van der Waals surface area (Å²) in [4.78, 5) is 19.5. The van der Waals surface area contributed by atoms with Crippen molar-refractivity contribution in [2.45, 2.75) is 13.5 Å². The maximum absolute atomic E-state index is 12.2. The van der Waals surface area contributed by atoms with Crippen molar-refractivity contribution in [3.8, 4) is 0 Å². The first-order valence-electron chi connectivity index (χ1n) is 8.85. The van der Waals surface area contributed by atoms with Crippen LogP contribution < -0.4 is 10.9 Å². The molecule has 2 N–H and O–H groups in total. The molecule has 0 atom stereocenters. The molecule has 0 fully saturated rings. The number of H-pyrrole nitrogens is 1. The van der Waals surface area contributed by atoms with E-state index in [4.69, 9.17) is 0 Å². The smallest absolute Gasteiger partial charge is 0.263 e. The lowest BCUT2D eigenvalue weighted by molar-refractivity contribution is 0.786. The molecule has 0 amide bonds. The van der Waals surface area contributed by atoms with Crippen molar-refractivity contribution in [3.63, 3.8) is 0 Å². The van der Waals surface area contributed by atoms with Crippen LogP contribution in [0.3, 0.4) is 0 Å². The SMILES string of the molecule is CCn1c2ccccc2c2cc(Nc3nc4c(cnn4C)c(=O)[nH]3)ccc21. The minimum absolute atomic E-state index is 0.209. The highest BCUT2D eigenvalue weighted by Crippen LogP contribution is 2.31. The number of aromatic nitrogens is 5. The number of aromatic amines is 1. The number of benzene rings is 2. The Morgan fingerprint density at radius 2 is 1.89 bits per heavy atom. The Morgan fingerprint density at radius 1 is 1.07 bits per heavy atom. The minimum atomic E-state index is -0.209. The number of hydrogen-bond acceptors (Lipinski definition) is 4. The lowest BCUT2D eigenvalue weighted by Gasteiger charge is -2.07. The van der Waals surface area contributed by atoms with Gasteiger partial charge in [0.1, 0.15) is 5.39 Å². The number of nitrogens with zero attached hydrogens (tertiary/aromatic N) is 4. The third-order valence-corrected chi connectivity index (χ3v) is 4.95. The van der Waals surface area contributed by atoms with Gasteiger partial charge in [-0.05, 0) is 31.2 Å². The zero-order chi connectivity index (χ0) is 18.5. The molecule has 7 heteroatoms. The second-order valence-electron chi connectivity index (χ2n) is 6.54. The first-order valence-corrected chi connectivity index (χ1v) is 8.85. The predicted molar refractivity (Wildman–Crippen MR) is 108 cm³/mol. The molecule has 7 nitrogen and oxygen atoms in total. The molecule has 3 aromatic heterocycles. The molecule has 5 aromatic rings. The zero-order valence-corrected chi connectivity index (χ0v) is 15.0. The van der Waals surface area contributed by atoms with Gasteiger partial charge in [0, 0.05) is 41.1 Å². The highest BCUT2D eigenvalue weighted by Gasteiger charge is 2.11. The van der Waals surface area contributed by atoms with Gasteiger partial charge in [0.15, 0.2) is 5.65 Å². The molecule has 0 unspecified atom stereocenters. The van der Waals surface area contributed by atoms with E-state index in [1.807, 2.05) is 6.07 Å². The summed E-state index contributed by atoms with van der Waals surface area (Å²) >= 11 is 0. The molecule has 0 spiro atoms. The molecule has 0 saturated carbocycles. The summed E-state index contributed by atoms with van der Waals surface area (Å²) < 4.78 is 3.89. The molecule has 0 bridgehead atoms. The first-order chi connectivity index (χ1) is 13.2. The number of aryl methyl sites for hydroxylation is 2. The molecule has 0 aliphatic rings. The fourth-order valence-electron chi connectivity index (χ4n) is 3.70. The van der Waals surface area contributed by atoms with E-state index >= 15 is 0 Å². The summed E-state index contributed by atoms with van der Waals surface area (Å²) in [5, 5.41) is 10.2. The molecular formula is C20H18N6O. The summed E-state index contributed by atoms with van der Waals surface area (Å²) in [6.07, 6.45) is 1.52. The van der Waals surface area contributed by atoms with Gasteiger partial charge >= 0.3 is 0 Å². The van der Waals surface area contributed by atoms with Crippen molar-refractivity contribution in [3.05, 3.63) is 59.0 Å². The molecule has 3 heterocycles. The fourth-order valence-corrected chi connectivity index (χ4v) is 3.70. The largest absolute Gasteiger partial charge is 0.341 e. The third kappa shape index (κ3) is 2.32. The van der Waals surface area contributed by atoms with Crippen LogP contribution in [0.15, 0.2) is 53.5 Å². The Labute approximate surface area is 154 Å². The van der Waals surface area contributed by atoms with Crippen LogP contribution in [0.4, 0.5) is 11.6 Å². The Hall–Kier alpha value is -3.61. The zero-order valence-electron chi connectivity index (χ0n) is 15.0. The molecule has 27 heavy (non-hydrogen) atoms. The summed E-state index contributed by atoms with van der Waals surface area (Å²) in [5.41, 5.74) is 3.61. The van der Waals surface area contributed by atoms with Gasteiger partial charge in [-0.25, -0.2) is 0 Å². The van der Waals surface area contributed by atoms with Gasteiger partial charge in [-0.3, -0.25) is 14.5 Å². The van der Waals surface area contributed by atoms with Crippen molar-refractivity contribution in [2.75, 3.05) is 5.32 Å². The summed E-state index contributed by atoms with van der Waals surface area (Å²) in [5.74, 6) is 0.398. The number of rotatable bonds is 3.